The lowest BCUT2D eigenvalue weighted by atomic mass is 9.91. The summed E-state index contributed by atoms with van der Waals surface area (Å²) in [7, 11) is 14.8. The summed E-state index contributed by atoms with van der Waals surface area (Å²) in [4.78, 5) is 0. The molecule has 0 aliphatic heterocycles. The van der Waals surface area contributed by atoms with Crippen molar-refractivity contribution in [2.45, 2.75) is 32.1 Å². The highest BCUT2D eigenvalue weighted by Crippen LogP contribution is 2.21. The Bertz CT molecular complexity index is 79.0. The summed E-state index contributed by atoms with van der Waals surface area (Å²) < 4.78 is 0. The number of hydrogen-bond donors (Lipinski definition) is 0. The van der Waals surface area contributed by atoms with Gasteiger partial charge in [0.05, 0.1) is 0 Å². The highest BCUT2D eigenvalue weighted by Gasteiger charge is 2.06. The third kappa shape index (κ3) is 11.4. The summed E-state index contributed by atoms with van der Waals surface area (Å²) in [5, 5.41) is 0. The molecule has 0 heterocycles. The Morgan fingerprint density at radius 3 is 1.55 bits per heavy atom. The second-order valence-corrected chi connectivity index (χ2v) is 9.18. The zero-order valence-corrected chi connectivity index (χ0v) is 9.95. The normalized spacial score (nSPS) is 18.5. The molecule has 0 nitrogen and oxygen atoms in total. The monoisotopic (exact) mass is 229 g/mol. The van der Waals surface area contributed by atoms with E-state index >= 15 is 0 Å². The molecule has 0 aromatic rings. The molecule has 1 radical (unpaired) electrons. The van der Waals surface area contributed by atoms with Crippen LogP contribution >= 0.6 is 30.1 Å². The first-order chi connectivity index (χ1) is 5.13. The van der Waals surface area contributed by atoms with Crippen LogP contribution in [0.1, 0.15) is 32.1 Å². The minimum atomic E-state index is -1.72. The SMILES string of the molecule is [CH2]C1CCCCC1.[Cl][Al]([Cl])[Cl]. The Morgan fingerprint density at radius 2 is 1.36 bits per heavy atom. The van der Waals surface area contributed by atoms with Crippen LogP contribution in [-0.2, 0) is 0 Å². The topological polar surface area (TPSA) is 0 Å². The molecule has 1 aliphatic carbocycles. The molecular formula is C7H13AlCl3. The fourth-order valence-corrected chi connectivity index (χ4v) is 1.19. The van der Waals surface area contributed by atoms with E-state index in [2.05, 4.69) is 6.92 Å². The van der Waals surface area contributed by atoms with Gasteiger partial charge in [0, 0.05) is 0 Å². The molecule has 4 heteroatoms. The van der Waals surface area contributed by atoms with Gasteiger partial charge in [-0.3, -0.25) is 0 Å². The molecule has 1 fully saturated rings. The van der Waals surface area contributed by atoms with E-state index in [4.69, 9.17) is 30.1 Å². The van der Waals surface area contributed by atoms with Gasteiger partial charge in [0.2, 0.25) is 0 Å². The first-order valence-electron chi connectivity index (χ1n) is 3.88. The van der Waals surface area contributed by atoms with E-state index in [9.17, 15) is 0 Å². The highest BCUT2D eigenvalue weighted by molar-refractivity contribution is 7.54. The van der Waals surface area contributed by atoms with Gasteiger partial charge in [-0.2, -0.15) is 0 Å². The quantitative estimate of drug-likeness (QED) is 0.550. The van der Waals surface area contributed by atoms with Gasteiger partial charge in [-0.05, 0) is 5.92 Å². The van der Waals surface area contributed by atoms with Crippen molar-refractivity contribution in [3.63, 3.8) is 0 Å². The molecule has 0 aromatic heterocycles. The van der Waals surface area contributed by atoms with E-state index in [1.807, 2.05) is 0 Å². The maximum atomic E-state index is 4.94. The van der Waals surface area contributed by atoms with Crippen molar-refractivity contribution in [2.75, 3.05) is 0 Å². The molecule has 1 rings (SSSR count). The Balaban J connectivity index is 0.000000218. The molecule has 1 aliphatic rings. The van der Waals surface area contributed by atoms with E-state index in [0.29, 0.717) is 0 Å². The lowest BCUT2D eigenvalue weighted by Gasteiger charge is -2.15. The van der Waals surface area contributed by atoms with Gasteiger partial charge in [-0.1, -0.05) is 39.0 Å². The van der Waals surface area contributed by atoms with Gasteiger partial charge < -0.3 is 0 Å². The third-order valence-electron chi connectivity index (χ3n) is 1.72. The largest absolute Gasteiger partial charge is 0.643 e. The molecule has 11 heavy (non-hydrogen) atoms. The van der Waals surface area contributed by atoms with Gasteiger partial charge in [0.15, 0.2) is 0 Å². The summed E-state index contributed by atoms with van der Waals surface area (Å²) in [5.74, 6) is 0.786. The molecule has 1 saturated carbocycles. The predicted octanol–water partition coefficient (Wildman–Crippen LogP) is 4.09. The van der Waals surface area contributed by atoms with Gasteiger partial charge in [-0.25, -0.2) is 30.1 Å². The zero-order chi connectivity index (χ0) is 8.69. The van der Waals surface area contributed by atoms with Crippen LogP contribution in [0.25, 0.3) is 0 Å². The number of halogens is 3. The summed E-state index contributed by atoms with van der Waals surface area (Å²) in [5.41, 5.74) is 0. The van der Waals surface area contributed by atoms with Crippen LogP contribution in [0.4, 0.5) is 0 Å². The maximum Gasteiger partial charge on any atom is 0.643 e. The van der Waals surface area contributed by atoms with Crippen molar-refractivity contribution in [1.29, 1.82) is 0 Å². The van der Waals surface area contributed by atoms with Gasteiger partial charge in [0.1, 0.15) is 0 Å². The molecule has 0 bridgehead atoms. The standard InChI is InChI=1S/C7H13.Al.3ClH/c1-7-5-3-2-4-6-7;;;;/h7H,1-6H2;;3*1H/q;+3;;;/p-3. The summed E-state index contributed by atoms with van der Waals surface area (Å²) in [6, 6.07) is 0. The van der Waals surface area contributed by atoms with Crippen LogP contribution < -0.4 is 0 Å². The predicted molar refractivity (Wildman–Crippen MR) is 55.2 cm³/mol. The molecule has 0 saturated heterocycles. The lowest BCUT2D eigenvalue weighted by molar-refractivity contribution is 0.417. The summed E-state index contributed by atoms with van der Waals surface area (Å²) in [6.07, 6.45) is 7.05. The van der Waals surface area contributed by atoms with Crippen molar-refractivity contribution in [3.05, 3.63) is 6.92 Å². The smallest absolute Gasteiger partial charge is 0.214 e. The van der Waals surface area contributed by atoms with Crippen molar-refractivity contribution < 1.29 is 0 Å². The van der Waals surface area contributed by atoms with E-state index in [0.717, 1.165) is 5.92 Å². The van der Waals surface area contributed by atoms with E-state index in [1.165, 1.54) is 32.1 Å². The number of hydrogen-bond acceptors (Lipinski definition) is 0. The van der Waals surface area contributed by atoms with Crippen molar-refractivity contribution >= 4 is 41.5 Å². The minimum absolute atomic E-state index is 0.786. The fraction of sp³-hybridized carbons (Fsp3) is 0.857. The fourth-order valence-electron chi connectivity index (χ4n) is 1.19. The zero-order valence-electron chi connectivity index (χ0n) is 6.53. The third-order valence-corrected chi connectivity index (χ3v) is 1.72. The minimum Gasteiger partial charge on any atom is -0.214 e. The second kappa shape index (κ2) is 8.02. The van der Waals surface area contributed by atoms with Crippen LogP contribution in [0.5, 0.6) is 0 Å². The Hall–Kier alpha value is 1.40. The number of rotatable bonds is 0. The molecular weight excluding hydrogens is 217 g/mol. The highest BCUT2D eigenvalue weighted by atomic mass is 35.8. The average molecular weight is 231 g/mol. The van der Waals surface area contributed by atoms with Crippen LogP contribution in [0, 0.1) is 12.8 Å². The Kier molecular flexibility index (Phi) is 9.04. The van der Waals surface area contributed by atoms with Crippen molar-refractivity contribution in [3.8, 4) is 0 Å². The van der Waals surface area contributed by atoms with Gasteiger partial charge in [0.25, 0.3) is 0 Å². The van der Waals surface area contributed by atoms with Gasteiger partial charge >= 0.3 is 11.4 Å². The van der Waals surface area contributed by atoms with Crippen molar-refractivity contribution in [2.24, 2.45) is 5.92 Å². The van der Waals surface area contributed by atoms with E-state index < -0.39 is 11.4 Å². The maximum absolute atomic E-state index is 4.94. The van der Waals surface area contributed by atoms with Crippen LogP contribution in [-0.4, -0.2) is 11.4 Å². The molecule has 0 N–H and O–H groups in total. The first-order valence-corrected chi connectivity index (χ1v) is 9.12. The summed E-state index contributed by atoms with van der Waals surface area (Å²) in [6.45, 7) is 4.00. The van der Waals surface area contributed by atoms with Crippen molar-refractivity contribution in [1.82, 2.24) is 0 Å². The first kappa shape index (κ1) is 12.4. The summed E-state index contributed by atoms with van der Waals surface area (Å²) >= 11 is -1.72. The molecule has 0 atom stereocenters. The second-order valence-electron chi connectivity index (χ2n) is 2.75. The molecule has 0 spiro atoms. The van der Waals surface area contributed by atoms with Crippen LogP contribution in [0.3, 0.4) is 0 Å². The Morgan fingerprint density at radius 1 is 1.00 bits per heavy atom. The molecule has 0 unspecified atom stereocenters. The van der Waals surface area contributed by atoms with Crippen LogP contribution in [0.15, 0.2) is 0 Å². The molecule has 0 amide bonds. The van der Waals surface area contributed by atoms with Crippen LogP contribution in [0.2, 0.25) is 0 Å². The Labute approximate surface area is 86.2 Å². The lowest BCUT2D eigenvalue weighted by Crippen LogP contribution is -2.00. The average Bonchev–Trinajstić information content (AvgIpc) is 1.87. The van der Waals surface area contributed by atoms with Gasteiger partial charge in [-0.15, -0.1) is 0 Å². The molecule has 0 aromatic carbocycles. The molecule has 65 valence electrons. The van der Waals surface area contributed by atoms with E-state index in [1.54, 1.807) is 0 Å². The van der Waals surface area contributed by atoms with E-state index in [-0.39, 0.29) is 0 Å².